The number of carbonyl (C=O) groups excluding carboxylic acids is 1. The molecule has 0 saturated carbocycles. The van der Waals surface area contributed by atoms with Gasteiger partial charge in [-0.1, -0.05) is 54.2 Å². The van der Waals surface area contributed by atoms with E-state index in [2.05, 4.69) is 27.3 Å². The van der Waals surface area contributed by atoms with E-state index in [9.17, 15) is 4.79 Å². The van der Waals surface area contributed by atoms with Crippen LogP contribution in [0, 0.1) is 0 Å². The van der Waals surface area contributed by atoms with Crippen molar-refractivity contribution in [3.63, 3.8) is 0 Å². The molecule has 0 unspecified atom stereocenters. The first-order valence-corrected chi connectivity index (χ1v) is 10.7. The van der Waals surface area contributed by atoms with Crippen molar-refractivity contribution in [2.45, 2.75) is 15.8 Å². The van der Waals surface area contributed by atoms with Gasteiger partial charge >= 0.3 is 0 Å². The topological polar surface area (TPSA) is 74.8 Å². The minimum Gasteiger partial charge on any atom is -0.273 e. The van der Waals surface area contributed by atoms with Gasteiger partial charge in [-0.15, -0.1) is 11.8 Å². The number of rotatable bonds is 4. The molecule has 0 bridgehead atoms. The van der Waals surface area contributed by atoms with Crippen LogP contribution in [0.3, 0.4) is 0 Å². The second kappa shape index (κ2) is 7.29. The van der Waals surface area contributed by atoms with Crippen molar-refractivity contribution in [3.8, 4) is 0 Å². The lowest BCUT2D eigenvalue weighted by atomic mass is 10.2. The van der Waals surface area contributed by atoms with Crippen LogP contribution < -0.4 is 4.90 Å². The number of nitrogens with one attached hydrogen (secondary N) is 1. The Morgan fingerprint density at radius 1 is 1.07 bits per heavy atom. The van der Waals surface area contributed by atoms with Crippen LogP contribution in [0.2, 0.25) is 0 Å². The number of amides is 1. The number of nitrogens with zero attached hydrogens (tertiary/aromatic N) is 4. The molecular formula is C20H15N5OS2. The molecule has 1 amide bonds. The standard InChI is InChI=1S/C20H15N5OS2/c26-17-12-27-16-9-5-4-8-15(16)25(17)19-14-10-21-24-18(14)22-20(23-19)28-11-13-6-2-1-3-7-13/h1-10H,11-12H2,(H,21,22,23,24). The molecule has 5 rings (SSSR count). The van der Waals surface area contributed by atoms with Crippen molar-refractivity contribution in [3.05, 3.63) is 66.4 Å². The van der Waals surface area contributed by atoms with E-state index in [1.54, 1.807) is 22.9 Å². The molecule has 2 aromatic carbocycles. The lowest BCUT2D eigenvalue weighted by Gasteiger charge is -2.28. The number of para-hydroxylation sites is 1. The van der Waals surface area contributed by atoms with Crippen LogP contribution in [-0.2, 0) is 10.5 Å². The van der Waals surface area contributed by atoms with Gasteiger partial charge in [-0.2, -0.15) is 5.10 Å². The molecule has 0 aliphatic carbocycles. The van der Waals surface area contributed by atoms with Crippen molar-refractivity contribution >= 4 is 52.0 Å². The number of fused-ring (bicyclic) bond motifs is 2. The number of benzene rings is 2. The zero-order chi connectivity index (χ0) is 18.9. The third-order valence-corrected chi connectivity index (χ3v) is 6.36. The van der Waals surface area contributed by atoms with Crippen molar-refractivity contribution in [1.82, 2.24) is 20.2 Å². The SMILES string of the molecule is O=C1CSc2ccccc2N1c1nc(SCc2ccccc2)nc2[nH]ncc12. The smallest absolute Gasteiger partial charge is 0.243 e. The fourth-order valence-corrected chi connectivity index (χ4v) is 4.78. The summed E-state index contributed by atoms with van der Waals surface area (Å²) in [5.74, 6) is 1.71. The zero-order valence-electron chi connectivity index (χ0n) is 14.7. The summed E-state index contributed by atoms with van der Waals surface area (Å²) < 4.78 is 0. The predicted molar refractivity (Wildman–Crippen MR) is 112 cm³/mol. The number of carbonyl (C=O) groups is 1. The molecule has 8 heteroatoms. The average molecular weight is 406 g/mol. The van der Waals surface area contributed by atoms with Crippen molar-refractivity contribution in [2.24, 2.45) is 0 Å². The van der Waals surface area contributed by atoms with Gasteiger partial charge in [0.15, 0.2) is 16.6 Å². The number of thioether (sulfide) groups is 2. The highest BCUT2D eigenvalue weighted by Gasteiger charge is 2.29. The molecular weight excluding hydrogens is 390 g/mol. The molecule has 0 fully saturated rings. The van der Waals surface area contributed by atoms with Crippen LogP contribution in [0.1, 0.15) is 5.56 Å². The summed E-state index contributed by atoms with van der Waals surface area (Å²) in [6.45, 7) is 0. The second-order valence-electron chi connectivity index (χ2n) is 6.22. The number of aromatic amines is 1. The summed E-state index contributed by atoms with van der Waals surface area (Å²) in [4.78, 5) is 24.9. The molecule has 3 heterocycles. The predicted octanol–water partition coefficient (Wildman–Crippen LogP) is 4.42. The summed E-state index contributed by atoms with van der Waals surface area (Å²) in [6.07, 6.45) is 1.67. The molecule has 0 radical (unpaired) electrons. The Bertz CT molecular complexity index is 1160. The maximum absolute atomic E-state index is 12.8. The normalized spacial score (nSPS) is 13.7. The molecule has 0 atom stereocenters. The van der Waals surface area contributed by atoms with Gasteiger partial charge in [0.25, 0.3) is 0 Å². The van der Waals surface area contributed by atoms with Gasteiger partial charge in [-0.3, -0.25) is 14.8 Å². The van der Waals surface area contributed by atoms with Gasteiger partial charge in [0, 0.05) is 10.6 Å². The first-order chi connectivity index (χ1) is 13.8. The van der Waals surface area contributed by atoms with E-state index in [-0.39, 0.29) is 5.91 Å². The molecule has 1 aliphatic heterocycles. The van der Waals surface area contributed by atoms with Crippen molar-refractivity contribution in [2.75, 3.05) is 10.7 Å². The first kappa shape index (κ1) is 17.3. The van der Waals surface area contributed by atoms with Gasteiger partial charge in [0.05, 0.1) is 23.0 Å². The maximum atomic E-state index is 12.8. The Hall–Kier alpha value is -2.84. The molecule has 0 saturated heterocycles. The van der Waals surface area contributed by atoms with E-state index >= 15 is 0 Å². The van der Waals surface area contributed by atoms with E-state index < -0.39 is 0 Å². The Balaban J connectivity index is 1.57. The number of aromatic nitrogens is 4. The molecule has 2 aromatic heterocycles. The second-order valence-corrected chi connectivity index (χ2v) is 8.18. The van der Waals surface area contributed by atoms with Gasteiger partial charge in [0.1, 0.15) is 0 Å². The lowest BCUT2D eigenvalue weighted by Crippen LogP contribution is -2.32. The van der Waals surface area contributed by atoms with E-state index in [0.29, 0.717) is 22.4 Å². The van der Waals surface area contributed by atoms with Crippen molar-refractivity contribution < 1.29 is 4.79 Å². The molecule has 1 aliphatic rings. The number of H-pyrrole nitrogens is 1. The van der Waals surface area contributed by atoms with E-state index in [1.165, 1.54) is 17.3 Å². The van der Waals surface area contributed by atoms with E-state index in [1.807, 2.05) is 42.5 Å². The fourth-order valence-electron chi connectivity index (χ4n) is 3.09. The molecule has 138 valence electrons. The minimum atomic E-state index is 0.00362. The molecule has 4 aromatic rings. The van der Waals surface area contributed by atoms with Crippen LogP contribution in [0.25, 0.3) is 11.0 Å². The summed E-state index contributed by atoms with van der Waals surface area (Å²) >= 11 is 3.09. The van der Waals surface area contributed by atoms with Gasteiger partial charge in [-0.05, 0) is 17.7 Å². The third-order valence-electron chi connectivity index (χ3n) is 4.40. The largest absolute Gasteiger partial charge is 0.273 e. The lowest BCUT2D eigenvalue weighted by molar-refractivity contribution is -0.115. The van der Waals surface area contributed by atoms with Crippen LogP contribution in [-0.4, -0.2) is 31.8 Å². The number of hydrogen-bond donors (Lipinski definition) is 1. The van der Waals surface area contributed by atoms with E-state index in [4.69, 9.17) is 4.98 Å². The van der Waals surface area contributed by atoms with Crippen LogP contribution in [0.4, 0.5) is 11.5 Å². The molecule has 0 spiro atoms. The third kappa shape index (κ3) is 3.14. The first-order valence-electron chi connectivity index (χ1n) is 8.72. The van der Waals surface area contributed by atoms with Gasteiger partial charge in [0.2, 0.25) is 5.91 Å². The summed E-state index contributed by atoms with van der Waals surface area (Å²) in [5, 5.41) is 8.38. The van der Waals surface area contributed by atoms with Crippen LogP contribution >= 0.6 is 23.5 Å². The molecule has 28 heavy (non-hydrogen) atoms. The van der Waals surface area contributed by atoms with E-state index in [0.717, 1.165) is 21.7 Å². The Labute approximate surface area is 169 Å². The fraction of sp³-hybridized carbons (Fsp3) is 0.100. The molecule has 1 N–H and O–H groups in total. The average Bonchev–Trinajstić information content (AvgIpc) is 3.21. The molecule has 6 nitrogen and oxygen atoms in total. The van der Waals surface area contributed by atoms with Gasteiger partial charge in [-0.25, -0.2) is 9.97 Å². The summed E-state index contributed by atoms with van der Waals surface area (Å²) in [7, 11) is 0. The highest BCUT2D eigenvalue weighted by molar-refractivity contribution is 8.00. The summed E-state index contributed by atoms with van der Waals surface area (Å²) in [5.41, 5.74) is 2.67. The van der Waals surface area contributed by atoms with Gasteiger partial charge < -0.3 is 0 Å². The summed E-state index contributed by atoms with van der Waals surface area (Å²) in [6, 6.07) is 18.1. The zero-order valence-corrected chi connectivity index (χ0v) is 16.3. The van der Waals surface area contributed by atoms with Crippen LogP contribution in [0.5, 0.6) is 0 Å². The Kier molecular flexibility index (Phi) is 4.50. The highest BCUT2D eigenvalue weighted by Crippen LogP contribution is 2.41. The Morgan fingerprint density at radius 2 is 1.89 bits per heavy atom. The van der Waals surface area contributed by atoms with Crippen LogP contribution in [0.15, 0.2) is 70.8 Å². The minimum absolute atomic E-state index is 0.00362. The maximum Gasteiger partial charge on any atom is 0.243 e. The monoisotopic (exact) mass is 405 g/mol. The number of anilines is 2. The Morgan fingerprint density at radius 3 is 2.79 bits per heavy atom. The quantitative estimate of drug-likeness (QED) is 0.400. The number of hydrogen-bond acceptors (Lipinski definition) is 6. The van der Waals surface area contributed by atoms with Crippen molar-refractivity contribution in [1.29, 1.82) is 0 Å². The highest BCUT2D eigenvalue weighted by atomic mass is 32.2.